The zero-order chi connectivity index (χ0) is 13.2. The van der Waals surface area contributed by atoms with E-state index < -0.39 is 0 Å². The molecule has 98 valence electrons. The highest BCUT2D eigenvalue weighted by molar-refractivity contribution is 5.90. The standard InChI is InChI=1S/C15H22N2O/c1-4-14(18)17-13-7-5-12(6-8-13)16-11(2)15(3)9-10-15/h5-8,11,16H,4,9-10H2,1-3H3,(H,17,18). The molecule has 3 heteroatoms. The second-order valence-electron chi connectivity index (χ2n) is 5.50. The van der Waals surface area contributed by atoms with Crippen molar-refractivity contribution in [1.82, 2.24) is 0 Å². The van der Waals surface area contributed by atoms with Gasteiger partial charge in [0.25, 0.3) is 0 Å². The topological polar surface area (TPSA) is 41.1 Å². The van der Waals surface area contributed by atoms with Crippen LogP contribution < -0.4 is 10.6 Å². The molecule has 0 heterocycles. The lowest BCUT2D eigenvalue weighted by Crippen LogP contribution is -2.24. The van der Waals surface area contributed by atoms with E-state index in [1.165, 1.54) is 12.8 Å². The van der Waals surface area contributed by atoms with Gasteiger partial charge in [0.05, 0.1) is 0 Å². The first-order chi connectivity index (χ1) is 8.53. The van der Waals surface area contributed by atoms with Gasteiger partial charge in [0.2, 0.25) is 5.91 Å². The summed E-state index contributed by atoms with van der Waals surface area (Å²) in [6, 6.07) is 8.42. The van der Waals surface area contributed by atoms with Gasteiger partial charge in [-0.2, -0.15) is 0 Å². The average Bonchev–Trinajstić information content (AvgIpc) is 3.11. The van der Waals surface area contributed by atoms with Gasteiger partial charge >= 0.3 is 0 Å². The minimum atomic E-state index is 0.0505. The zero-order valence-electron chi connectivity index (χ0n) is 11.4. The predicted molar refractivity (Wildman–Crippen MR) is 75.8 cm³/mol. The Morgan fingerprint density at radius 2 is 1.83 bits per heavy atom. The number of benzene rings is 1. The normalized spacial score (nSPS) is 17.9. The lowest BCUT2D eigenvalue weighted by atomic mass is 10.0. The average molecular weight is 246 g/mol. The van der Waals surface area contributed by atoms with Crippen molar-refractivity contribution in [3.63, 3.8) is 0 Å². The maximum atomic E-state index is 11.3. The van der Waals surface area contributed by atoms with Gasteiger partial charge in [-0.15, -0.1) is 0 Å². The van der Waals surface area contributed by atoms with E-state index in [0.717, 1.165) is 11.4 Å². The molecule has 0 bridgehead atoms. The van der Waals surface area contributed by atoms with Crippen LogP contribution in [-0.4, -0.2) is 11.9 Å². The van der Waals surface area contributed by atoms with Gasteiger partial charge < -0.3 is 10.6 Å². The summed E-state index contributed by atoms with van der Waals surface area (Å²) < 4.78 is 0. The summed E-state index contributed by atoms with van der Waals surface area (Å²) in [6.07, 6.45) is 3.13. The van der Waals surface area contributed by atoms with Crippen molar-refractivity contribution in [2.45, 2.75) is 46.1 Å². The van der Waals surface area contributed by atoms with Crippen LogP contribution in [0.5, 0.6) is 0 Å². The molecule has 1 unspecified atom stereocenters. The molecule has 1 amide bonds. The molecule has 0 saturated heterocycles. The summed E-state index contributed by atoms with van der Waals surface area (Å²) >= 11 is 0. The maximum absolute atomic E-state index is 11.3. The van der Waals surface area contributed by atoms with Gasteiger partial charge in [0.1, 0.15) is 0 Å². The van der Waals surface area contributed by atoms with E-state index in [9.17, 15) is 4.79 Å². The number of anilines is 2. The van der Waals surface area contributed by atoms with Crippen LogP contribution >= 0.6 is 0 Å². The molecular formula is C15H22N2O. The summed E-state index contributed by atoms with van der Waals surface area (Å²) in [6.45, 7) is 6.41. The van der Waals surface area contributed by atoms with Crippen molar-refractivity contribution in [2.75, 3.05) is 10.6 Å². The smallest absolute Gasteiger partial charge is 0.224 e. The Labute approximate surface area is 109 Å². The predicted octanol–water partition coefficient (Wildman–Crippen LogP) is 3.64. The Morgan fingerprint density at radius 1 is 1.28 bits per heavy atom. The van der Waals surface area contributed by atoms with E-state index in [1.807, 2.05) is 31.2 Å². The first-order valence-corrected chi connectivity index (χ1v) is 6.70. The van der Waals surface area contributed by atoms with Crippen molar-refractivity contribution in [3.8, 4) is 0 Å². The molecule has 0 aromatic heterocycles. The highest BCUT2D eigenvalue weighted by Crippen LogP contribution is 2.48. The monoisotopic (exact) mass is 246 g/mol. The number of carbonyl (C=O) groups excluding carboxylic acids is 1. The van der Waals surface area contributed by atoms with Crippen molar-refractivity contribution >= 4 is 17.3 Å². The molecule has 1 fully saturated rings. The Kier molecular flexibility index (Phi) is 3.60. The zero-order valence-corrected chi connectivity index (χ0v) is 11.4. The summed E-state index contributed by atoms with van der Waals surface area (Å²) in [5.74, 6) is 0.0505. The van der Waals surface area contributed by atoms with Gasteiger partial charge in [0.15, 0.2) is 0 Å². The lowest BCUT2D eigenvalue weighted by molar-refractivity contribution is -0.115. The van der Waals surface area contributed by atoms with Gasteiger partial charge in [0, 0.05) is 23.8 Å². The van der Waals surface area contributed by atoms with Crippen LogP contribution in [0, 0.1) is 5.41 Å². The van der Waals surface area contributed by atoms with Crippen molar-refractivity contribution < 1.29 is 4.79 Å². The van der Waals surface area contributed by atoms with Crippen molar-refractivity contribution in [2.24, 2.45) is 5.41 Å². The van der Waals surface area contributed by atoms with Gasteiger partial charge in [-0.1, -0.05) is 13.8 Å². The molecule has 1 aliphatic rings. The largest absolute Gasteiger partial charge is 0.382 e. The van der Waals surface area contributed by atoms with E-state index in [-0.39, 0.29) is 5.91 Å². The van der Waals surface area contributed by atoms with Gasteiger partial charge in [-0.25, -0.2) is 0 Å². The third kappa shape index (κ3) is 3.03. The molecule has 1 aromatic rings. The van der Waals surface area contributed by atoms with Gasteiger partial charge in [-0.3, -0.25) is 4.79 Å². The SMILES string of the molecule is CCC(=O)Nc1ccc(NC(C)C2(C)CC2)cc1. The minimum absolute atomic E-state index is 0.0505. The highest BCUT2D eigenvalue weighted by atomic mass is 16.1. The summed E-state index contributed by atoms with van der Waals surface area (Å²) in [4.78, 5) is 11.3. The van der Waals surface area contributed by atoms with E-state index in [2.05, 4.69) is 24.5 Å². The van der Waals surface area contributed by atoms with Crippen LogP contribution in [0.15, 0.2) is 24.3 Å². The first-order valence-electron chi connectivity index (χ1n) is 6.70. The van der Waals surface area contributed by atoms with E-state index in [4.69, 9.17) is 0 Å². The molecule has 0 radical (unpaired) electrons. The summed E-state index contributed by atoms with van der Waals surface area (Å²) in [5.41, 5.74) is 2.44. The van der Waals surface area contributed by atoms with Crippen LogP contribution in [-0.2, 0) is 4.79 Å². The van der Waals surface area contributed by atoms with Crippen LogP contribution in [0.25, 0.3) is 0 Å². The molecule has 0 spiro atoms. The van der Waals surface area contributed by atoms with Gasteiger partial charge in [-0.05, 0) is 49.4 Å². The van der Waals surface area contributed by atoms with E-state index in [0.29, 0.717) is 17.9 Å². The molecule has 1 saturated carbocycles. The quantitative estimate of drug-likeness (QED) is 0.833. The highest BCUT2D eigenvalue weighted by Gasteiger charge is 2.42. The molecule has 3 nitrogen and oxygen atoms in total. The fourth-order valence-corrected chi connectivity index (χ4v) is 1.95. The number of hydrogen-bond donors (Lipinski definition) is 2. The number of rotatable bonds is 5. The fraction of sp³-hybridized carbons (Fsp3) is 0.533. The molecule has 18 heavy (non-hydrogen) atoms. The summed E-state index contributed by atoms with van der Waals surface area (Å²) in [7, 11) is 0. The number of carbonyl (C=O) groups is 1. The Balaban J connectivity index is 1.93. The Morgan fingerprint density at radius 3 is 2.33 bits per heavy atom. The van der Waals surface area contributed by atoms with Crippen molar-refractivity contribution in [1.29, 1.82) is 0 Å². The molecule has 1 atom stereocenters. The lowest BCUT2D eigenvalue weighted by Gasteiger charge is -2.21. The molecular weight excluding hydrogens is 224 g/mol. The first kappa shape index (κ1) is 12.9. The third-order valence-electron chi connectivity index (χ3n) is 3.96. The number of nitrogens with one attached hydrogen (secondary N) is 2. The second kappa shape index (κ2) is 5.01. The van der Waals surface area contributed by atoms with E-state index >= 15 is 0 Å². The third-order valence-corrected chi connectivity index (χ3v) is 3.96. The molecule has 0 aliphatic heterocycles. The van der Waals surface area contributed by atoms with Crippen LogP contribution in [0.1, 0.15) is 40.0 Å². The second-order valence-corrected chi connectivity index (χ2v) is 5.50. The van der Waals surface area contributed by atoms with Crippen LogP contribution in [0.4, 0.5) is 11.4 Å². The minimum Gasteiger partial charge on any atom is -0.382 e. The fourth-order valence-electron chi connectivity index (χ4n) is 1.95. The Hall–Kier alpha value is -1.51. The molecule has 1 aromatic carbocycles. The van der Waals surface area contributed by atoms with Crippen LogP contribution in [0.2, 0.25) is 0 Å². The molecule has 1 aliphatic carbocycles. The Bertz CT molecular complexity index is 421. The number of hydrogen-bond acceptors (Lipinski definition) is 2. The molecule has 2 rings (SSSR count). The molecule has 2 N–H and O–H groups in total. The van der Waals surface area contributed by atoms with Crippen molar-refractivity contribution in [3.05, 3.63) is 24.3 Å². The van der Waals surface area contributed by atoms with E-state index in [1.54, 1.807) is 0 Å². The van der Waals surface area contributed by atoms with Crippen LogP contribution in [0.3, 0.4) is 0 Å². The summed E-state index contributed by atoms with van der Waals surface area (Å²) in [5, 5.41) is 6.37. The number of amides is 1. The maximum Gasteiger partial charge on any atom is 0.224 e.